The van der Waals surface area contributed by atoms with Crippen molar-refractivity contribution in [2.45, 2.75) is 46.1 Å². The van der Waals surface area contributed by atoms with Crippen LogP contribution in [0, 0.1) is 0 Å². The van der Waals surface area contributed by atoms with Crippen LogP contribution < -0.4 is 10.2 Å². The summed E-state index contributed by atoms with van der Waals surface area (Å²) >= 11 is 0. The Kier molecular flexibility index (Phi) is 4.59. The molecular formula is C15H25N3. The lowest BCUT2D eigenvalue weighted by atomic mass is 10.2. The van der Waals surface area contributed by atoms with Gasteiger partial charge < -0.3 is 10.2 Å². The Morgan fingerprint density at radius 1 is 1.33 bits per heavy atom. The number of hydrogen-bond donors (Lipinski definition) is 1. The predicted octanol–water partition coefficient (Wildman–Crippen LogP) is 2.39. The third kappa shape index (κ3) is 3.22. The van der Waals surface area contributed by atoms with Crippen molar-refractivity contribution in [3.8, 4) is 0 Å². The van der Waals surface area contributed by atoms with Gasteiger partial charge in [-0.2, -0.15) is 0 Å². The lowest BCUT2D eigenvalue weighted by molar-refractivity contribution is 0.582. The number of anilines is 1. The molecule has 1 aliphatic carbocycles. The van der Waals surface area contributed by atoms with E-state index in [2.05, 4.69) is 43.1 Å². The van der Waals surface area contributed by atoms with Crippen molar-refractivity contribution in [3.63, 3.8) is 0 Å². The molecule has 0 aromatic carbocycles. The van der Waals surface area contributed by atoms with Gasteiger partial charge in [-0.1, -0.05) is 19.9 Å². The highest BCUT2D eigenvalue weighted by Crippen LogP contribution is 2.23. The average molecular weight is 247 g/mol. The molecule has 1 N–H and O–H groups in total. The van der Waals surface area contributed by atoms with E-state index in [0.29, 0.717) is 6.04 Å². The largest absolute Gasteiger partial charge is 0.356 e. The zero-order valence-corrected chi connectivity index (χ0v) is 11.9. The van der Waals surface area contributed by atoms with E-state index in [4.69, 9.17) is 4.98 Å². The number of aromatic nitrogens is 1. The van der Waals surface area contributed by atoms with Crippen LogP contribution in [0.2, 0.25) is 0 Å². The van der Waals surface area contributed by atoms with Crippen molar-refractivity contribution in [2.24, 2.45) is 0 Å². The van der Waals surface area contributed by atoms with Crippen LogP contribution in [0.1, 0.15) is 38.4 Å². The van der Waals surface area contributed by atoms with Crippen molar-refractivity contribution < 1.29 is 0 Å². The number of nitrogens with one attached hydrogen (secondary N) is 1. The topological polar surface area (TPSA) is 28.2 Å². The average Bonchev–Trinajstić information content (AvgIpc) is 2.81. The van der Waals surface area contributed by atoms with Gasteiger partial charge in [-0.25, -0.2) is 4.98 Å². The minimum atomic E-state index is 0.552. The maximum Gasteiger partial charge on any atom is 0.128 e. The summed E-state index contributed by atoms with van der Waals surface area (Å²) in [5.41, 5.74) is 2.78. The molecule has 18 heavy (non-hydrogen) atoms. The molecule has 0 radical (unpaired) electrons. The van der Waals surface area contributed by atoms with Gasteiger partial charge in [0.15, 0.2) is 0 Å². The molecule has 0 unspecified atom stereocenters. The maximum atomic E-state index is 4.82. The molecule has 0 fully saturated rings. The van der Waals surface area contributed by atoms with Crippen molar-refractivity contribution in [1.29, 1.82) is 0 Å². The highest BCUT2D eigenvalue weighted by Gasteiger charge is 2.14. The zero-order chi connectivity index (χ0) is 13.0. The first-order valence-corrected chi connectivity index (χ1v) is 7.18. The van der Waals surface area contributed by atoms with E-state index >= 15 is 0 Å². The van der Waals surface area contributed by atoms with Crippen molar-refractivity contribution in [2.75, 3.05) is 24.5 Å². The van der Waals surface area contributed by atoms with Crippen LogP contribution in [0.4, 0.5) is 5.82 Å². The molecule has 0 spiro atoms. The van der Waals surface area contributed by atoms with Crippen LogP contribution in [-0.4, -0.2) is 30.7 Å². The van der Waals surface area contributed by atoms with Gasteiger partial charge in [0.05, 0.1) is 0 Å². The van der Waals surface area contributed by atoms with E-state index in [0.717, 1.165) is 31.9 Å². The molecule has 1 aliphatic rings. The number of rotatable bonds is 6. The SMILES string of the molecule is CCN(CCNC(C)C)c1ccc2c(n1)CCC2. The minimum absolute atomic E-state index is 0.552. The fourth-order valence-corrected chi connectivity index (χ4v) is 2.51. The second kappa shape index (κ2) is 6.19. The van der Waals surface area contributed by atoms with Gasteiger partial charge in [-0.15, -0.1) is 0 Å². The number of hydrogen-bond acceptors (Lipinski definition) is 3. The lowest BCUT2D eigenvalue weighted by Crippen LogP contribution is -2.35. The number of likely N-dealkylation sites (N-methyl/N-ethyl adjacent to an activating group) is 1. The zero-order valence-electron chi connectivity index (χ0n) is 11.9. The summed E-state index contributed by atoms with van der Waals surface area (Å²) in [6, 6.07) is 5.00. The van der Waals surface area contributed by atoms with E-state index in [1.54, 1.807) is 0 Å². The smallest absolute Gasteiger partial charge is 0.128 e. The number of aryl methyl sites for hydroxylation is 2. The molecule has 3 nitrogen and oxygen atoms in total. The van der Waals surface area contributed by atoms with Gasteiger partial charge in [0.1, 0.15) is 5.82 Å². The highest BCUT2D eigenvalue weighted by molar-refractivity contribution is 5.43. The van der Waals surface area contributed by atoms with Crippen LogP contribution in [0.5, 0.6) is 0 Å². The molecular weight excluding hydrogens is 222 g/mol. The Morgan fingerprint density at radius 2 is 2.17 bits per heavy atom. The van der Waals surface area contributed by atoms with Gasteiger partial charge >= 0.3 is 0 Å². The first kappa shape index (κ1) is 13.3. The third-order valence-electron chi connectivity index (χ3n) is 3.55. The summed E-state index contributed by atoms with van der Waals surface area (Å²) in [6.45, 7) is 9.63. The molecule has 0 atom stereocenters. The number of pyridine rings is 1. The summed E-state index contributed by atoms with van der Waals surface area (Å²) in [4.78, 5) is 7.18. The summed E-state index contributed by atoms with van der Waals surface area (Å²) < 4.78 is 0. The van der Waals surface area contributed by atoms with Gasteiger partial charge in [0, 0.05) is 31.4 Å². The van der Waals surface area contributed by atoms with Crippen LogP contribution in [0.15, 0.2) is 12.1 Å². The van der Waals surface area contributed by atoms with Gasteiger partial charge in [-0.3, -0.25) is 0 Å². The second-order valence-corrected chi connectivity index (χ2v) is 5.32. The fourth-order valence-electron chi connectivity index (χ4n) is 2.51. The Morgan fingerprint density at radius 3 is 2.89 bits per heavy atom. The normalized spacial score (nSPS) is 14.0. The van der Waals surface area contributed by atoms with E-state index in [1.165, 1.54) is 24.1 Å². The van der Waals surface area contributed by atoms with Gasteiger partial charge in [0.25, 0.3) is 0 Å². The molecule has 0 bridgehead atoms. The Balaban J connectivity index is 1.99. The van der Waals surface area contributed by atoms with E-state index < -0.39 is 0 Å². The summed E-state index contributed by atoms with van der Waals surface area (Å²) in [5, 5.41) is 3.46. The van der Waals surface area contributed by atoms with Crippen LogP contribution in [0.25, 0.3) is 0 Å². The molecule has 0 amide bonds. The summed E-state index contributed by atoms with van der Waals surface area (Å²) in [6.07, 6.45) is 3.64. The van der Waals surface area contributed by atoms with Crippen LogP contribution >= 0.6 is 0 Å². The first-order valence-electron chi connectivity index (χ1n) is 7.18. The highest BCUT2D eigenvalue weighted by atomic mass is 15.2. The molecule has 1 aromatic rings. The van der Waals surface area contributed by atoms with Crippen molar-refractivity contribution >= 4 is 5.82 Å². The Bertz CT molecular complexity index is 387. The third-order valence-corrected chi connectivity index (χ3v) is 3.55. The lowest BCUT2D eigenvalue weighted by Gasteiger charge is -2.23. The monoisotopic (exact) mass is 247 g/mol. The summed E-state index contributed by atoms with van der Waals surface area (Å²) in [7, 11) is 0. The molecule has 2 rings (SSSR count). The molecule has 0 saturated heterocycles. The molecule has 0 aliphatic heterocycles. The van der Waals surface area contributed by atoms with Crippen LogP contribution in [-0.2, 0) is 12.8 Å². The van der Waals surface area contributed by atoms with E-state index in [-0.39, 0.29) is 0 Å². The molecule has 0 saturated carbocycles. The van der Waals surface area contributed by atoms with Crippen molar-refractivity contribution in [1.82, 2.24) is 10.3 Å². The molecule has 100 valence electrons. The molecule has 1 aromatic heterocycles. The van der Waals surface area contributed by atoms with E-state index in [1.807, 2.05) is 0 Å². The fraction of sp³-hybridized carbons (Fsp3) is 0.667. The van der Waals surface area contributed by atoms with Crippen LogP contribution in [0.3, 0.4) is 0 Å². The quantitative estimate of drug-likeness (QED) is 0.836. The predicted molar refractivity (Wildman–Crippen MR) is 77.3 cm³/mol. The maximum absolute atomic E-state index is 4.82. The molecule has 3 heteroatoms. The summed E-state index contributed by atoms with van der Waals surface area (Å²) in [5.74, 6) is 1.14. The second-order valence-electron chi connectivity index (χ2n) is 5.32. The molecule has 1 heterocycles. The van der Waals surface area contributed by atoms with Gasteiger partial charge in [-0.05, 0) is 37.8 Å². The number of fused-ring (bicyclic) bond motifs is 1. The number of nitrogens with zero attached hydrogens (tertiary/aromatic N) is 2. The Hall–Kier alpha value is -1.09. The Labute approximate surface area is 111 Å². The minimum Gasteiger partial charge on any atom is -0.356 e. The first-order chi connectivity index (χ1) is 8.70. The van der Waals surface area contributed by atoms with Gasteiger partial charge in [0.2, 0.25) is 0 Å². The standard InChI is InChI=1S/C15H25N3/c1-4-18(11-10-16-12(2)3)15-9-8-13-6-5-7-14(13)17-15/h8-9,12,16H,4-7,10-11H2,1-3H3. The van der Waals surface area contributed by atoms with Crippen molar-refractivity contribution in [3.05, 3.63) is 23.4 Å². The van der Waals surface area contributed by atoms with E-state index in [9.17, 15) is 0 Å².